The van der Waals surface area contributed by atoms with Gasteiger partial charge in [-0.1, -0.05) is 24.3 Å². The van der Waals surface area contributed by atoms with E-state index in [9.17, 15) is 0 Å². The van der Waals surface area contributed by atoms with Gasteiger partial charge < -0.3 is 5.32 Å². The monoisotopic (exact) mass is 352 g/mol. The van der Waals surface area contributed by atoms with Gasteiger partial charge >= 0.3 is 0 Å². The number of hydrogen-bond acceptors (Lipinski definition) is 6. The highest BCUT2D eigenvalue weighted by atomic mass is 35.5. The van der Waals surface area contributed by atoms with Crippen molar-refractivity contribution in [3.05, 3.63) is 73.6 Å². The van der Waals surface area contributed by atoms with Gasteiger partial charge in [0.05, 0.1) is 0 Å². The third-order valence-electron chi connectivity index (χ3n) is 3.10. The molecule has 126 valence electrons. The zero-order valence-electron chi connectivity index (χ0n) is 13.8. The van der Waals surface area contributed by atoms with E-state index in [1.165, 1.54) is 0 Å². The number of nitrogens with one attached hydrogen (secondary N) is 1. The van der Waals surface area contributed by atoms with Crippen LogP contribution in [0.25, 0.3) is 16.7 Å². The van der Waals surface area contributed by atoms with E-state index in [-0.39, 0.29) is 0 Å². The van der Waals surface area contributed by atoms with Crippen LogP contribution in [-0.4, -0.2) is 24.9 Å². The summed E-state index contributed by atoms with van der Waals surface area (Å²) in [6.07, 6.45) is 8.37. The highest BCUT2D eigenvalue weighted by Gasteiger charge is 2.14. The van der Waals surface area contributed by atoms with Crippen molar-refractivity contribution in [3.8, 4) is 0 Å². The van der Waals surface area contributed by atoms with Crippen molar-refractivity contribution in [2.24, 2.45) is 0 Å². The Bertz CT molecular complexity index is 908. The van der Waals surface area contributed by atoms with Crippen LogP contribution in [0.15, 0.2) is 67.8 Å². The molecule has 0 aromatic carbocycles. The summed E-state index contributed by atoms with van der Waals surface area (Å²) >= 11 is 6.03. The third-order valence-corrected chi connectivity index (χ3v) is 3.30. The Morgan fingerprint density at radius 2 is 1.76 bits per heavy atom. The minimum Gasteiger partial charge on any atom is -0.338 e. The average molecular weight is 353 g/mol. The second-order valence-corrected chi connectivity index (χ2v) is 5.05. The number of anilines is 2. The van der Waals surface area contributed by atoms with Crippen LogP contribution in [0.2, 0.25) is 0 Å². The Morgan fingerprint density at radius 1 is 1.08 bits per heavy atom. The number of fused-ring (bicyclic) bond motifs is 1. The van der Waals surface area contributed by atoms with Gasteiger partial charge in [-0.3, -0.25) is 4.98 Å². The molecule has 0 fully saturated rings. The molecule has 0 unspecified atom stereocenters. The van der Waals surface area contributed by atoms with Gasteiger partial charge in [-0.2, -0.15) is 0 Å². The summed E-state index contributed by atoms with van der Waals surface area (Å²) in [4.78, 5) is 21.5. The first-order valence-electron chi connectivity index (χ1n) is 7.36. The molecule has 0 aliphatic carbocycles. The second-order valence-electron chi connectivity index (χ2n) is 4.59. The van der Waals surface area contributed by atoms with E-state index >= 15 is 0 Å². The Kier molecular flexibility index (Phi) is 6.31. The van der Waals surface area contributed by atoms with Crippen molar-refractivity contribution < 1.29 is 0 Å². The normalized spacial score (nSPS) is 10.7. The van der Waals surface area contributed by atoms with E-state index in [4.69, 9.17) is 11.6 Å². The van der Waals surface area contributed by atoms with Crippen molar-refractivity contribution in [1.29, 1.82) is 0 Å². The van der Waals surface area contributed by atoms with Gasteiger partial charge in [-0.15, -0.1) is 13.2 Å². The molecule has 0 amide bonds. The maximum Gasteiger partial charge on any atom is 0.184 e. The number of allylic oxidation sites excluding steroid dienone is 3. The molecule has 25 heavy (non-hydrogen) atoms. The predicted octanol–water partition coefficient (Wildman–Crippen LogP) is 4.52. The molecular weight excluding hydrogens is 336 g/mol. The van der Waals surface area contributed by atoms with Gasteiger partial charge in [0.2, 0.25) is 0 Å². The maximum absolute atomic E-state index is 6.03. The summed E-state index contributed by atoms with van der Waals surface area (Å²) in [5, 5.41) is 3.58. The molecule has 3 heterocycles. The van der Waals surface area contributed by atoms with Crippen LogP contribution in [0, 0.1) is 0 Å². The lowest BCUT2D eigenvalue weighted by Crippen LogP contribution is -2.04. The zero-order chi connectivity index (χ0) is 18.2. The van der Waals surface area contributed by atoms with Gasteiger partial charge in [0.1, 0.15) is 0 Å². The summed E-state index contributed by atoms with van der Waals surface area (Å²) in [5.74, 6) is 0.985. The first-order chi connectivity index (χ1) is 12.2. The molecule has 0 saturated carbocycles. The molecule has 0 saturated heterocycles. The van der Waals surface area contributed by atoms with E-state index in [1.54, 1.807) is 24.8 Å². The molecule has 0 spiro atoms. The fourth-order valence-corrected chi connectivity index (χ4v) is 2.24. The Labute approximate surface area is 151 Å². The van der Waals surface area contributed by atoms with Crippen molar-refractivity contribution in [2.75, 3.05) is 5.32 Å². The van der Waals surface area contributed by atoms with Gasteiger partial charge in [-0.05, 0) is 19.1 Å². The van der Waals surface area contributed by atoms with Crippen LogP contribution >= 0.6 is 11.6 Å². The summed E-state index contributed by atoms with van der Waals surface area (Å²) in [5.41, 5.74) is 2.54. The van der Waals surface area contributed by atoms with Crippen LogP contribution in [-0.2, 0) is 0 Å². The minimum absolute atomic E-state index is 0.366. The lowest BCUT2D eigenvalue weighted by molar-refractivity contribution is 1.11. The number of nitrogens with zero attached hydrogens (tertiary/aromatic N) is 5. The highest BCUT2D eigenvalue weighted by molar-refractivity contribution is 6.36. The van der Waals surface area contributed by atoms with Crippen molar-refractivity contribution in [3.63, 3.8) is 0 Å². The number of rotatable bonds is 4. The molecule has 0 aliphatic rings. The molecule has 3 aromatic heterocycles. The molecule has 7 heteroatoms. The SMILES string of the molecule is C=C.C=C(Cl)/C(=C\C)c1nc(Nc2ccncc2)c2nccnc2n1. The van der Waals surface area contributed by atoms with Gasteiger partial charge in [0.15, 0.2) is 22.8 Å². The Hall–Kier alpha value is -3.12. The topological polar surface area (TPSA) is 76.5 Å². The number of hydrogen-bond donors (Lipinski definition) is 1. The quantitative estimate of drug-likeness (QED) is 0.549. The summed E-state index contributed by atoms with van der Waals surface area (Å²) in [6, 6.07) is 3.67. The number of aromatic nitrogens is 5. The smallest absolute Gasteiger partial charge is 0.184 e. The fourth-order valence-electron chi connectivity index (χ4n) is 2.05. The molecular formula is C18H17ClN6. The van der Waals surface area contributed by atoms with Crippen molar-refractivity contribution in [1.82, 2.24) is 24.9 Å². The molecule has 1 N–H and O–H groups in total. The van der Waals surface area contributed by atoms with Crippen LogP contribution in [0.4, 0.5) is 11.5 Å². The first kappa shape index (κ1) is 18.2. The van der Waals surface area contributed by atoms with Crippen LogP contribution < -0.4 is 5.32 Å². The van der Waals surface area contributed by atoms with E-state index in [0.29, 0.717) is 33.4 Å². The van der Waals surface area contributed by atoms with Gasteiger partial charge in [0, 0.05) is 41.1 Å². The molecule has 0 atom stereocenters. The van der Waals surface area contributed by atoms with E-state index in [1.807, 2.05) is 25.1 Å². The maximum atomic E-state index is 6.03. The lowest BCUT2D eigenvalue weighted by atomic mass is 10.2. The molecule has 0 bridgehead atoms. The van der Waals surface area contributed by atoms with E-state index in [2.05, 4.69) is 50.0 Å². The molecule has 6 nitrogen and oxygen atoms in total. The van der Waals surface area contributed by atoms with Crippen molar-refractivity contribution >= 4 is 39.8 Å². The standard InChI is InChI=1S/C16H13ClN6.C2H4/c1-3-12(10(2)17)14-22-15-13(19-8-9-20-15)16(23-14)21-11-4-6-18-7-5-11;1-2/h3-9H,2H2,1H3,(H,18,20,21,22,23);1-2H2/b12-3+;. The Morgan fingerprint density at radius 3 is 2.40 bits per heavy atom. The van der Waals surface area contributed by atoms with E-state index < -0.39 is 0 Å². The van der Waals surface area contributed by atoms with Crippen LogP contribution in [0.5, 0.6) is 0 Å². The Balaban J connectivity index is 0.00000109. The minimum atomic E-state index is 0.366. The zero-order valence-corrected chi connectivity index (χ0v) is 14.5. The molecule has 0 radical (unpaired) electrons. The first-order valence-corrected chi connectivity index (χ1v) is 7.74. The van der Waals surface area contributed by atoms with Crippen LogP contribution in [0.1, 0.15) is 12.7 Å². The number of halogens is 1. The highest BCUT2D eigenvalue weighted by Crippen LogP contribution is 2.26. The summed E-state index contributed by atoms with van der Waals surface area (Å²) in [7, 11) is 0. The summed E-state index contributed by atoms with van der Waals surface area (Å²) in [6.45, 7) is 11.6. The van der Waals surface area contributed by atoms with Crippen LogP contribution in [0.3, 0.4) is 0 Å². The second kappa shape index (κ2) is 8.65. The number of pyridine rings is 1. The van der Waals surface area contributed by atoms with Crippen molar-refractivity contribution in [2.45, 2.75) is 6.92 Å². The fraction of sp³-hybridized carbons (Fsp3) is 0.0556. The summed E-state index contributed by atoms with van der Waals surface area (Å²) < 4.78 is 0. The largest absolute Gasteiger partial charge is 0.338 e. The van der Waals surface area contributed by atoms with E-state index in [0.717, 1.165) is 5.69 Å². The predicted molar refractivity (Wildman–Crippen MR) is 103 cm³/mol. The molecule has 0 aliphatic heterocycles. The molecule has 3 rings (SSSR count). The van der Waals surface area contributed by atoms with Gasteiger partial charge in [-0.25, -0.2) is 19.9 Å². The molecule has 3 aromatic rings. The van der Waals surface area contributed by atoms with Gasteiger partial charge in [0.25, 0.3) is 0 Å². The average Bonchev–Trinajstić information content (AvgIpc) is 2.64. The third kappa shape index (κ3) is 4.24. The lowest BCUT2D eigenvalue weighted by Gasteiger charge is -2.10.